The van der Waals surface area contributed by atoms with Gasteiger partial charge in [-0.25, -0.2) is 4.79 Å². The molecule has 3 heterocycles. The number of ether oxygens (including phenoxy) is 1. The lowest BCUT2D eigenvalue weighted by atomic mass is 9.79. The van der Waals surface area contributed by atoms with Gasteiger partial charge in [0.15, 0.2) is 5.71 Å². The molecule has 3 aliphatic heterocycles. The number of hydroxylamine groups is 2. The second-order valence-electron chi connectivity index (χ2n) is 17.3. The van der Waals surface area contributed by atoms with Crippen LogP contribution in [0.4, 0.5) is 11.4 Å². The number of carbonyl (C=O) groups excluding carboxylic acids is 3. The van der Waals surface area contributed by atoms with Crippen molar-refractivity contribution in [1.82, 2.24) is 5.06 Å². The van der Waals surface area contributed by atoms with Crippen molar-refractivity contribution in [3.8, 4) is 5.75 Å². The number of fused-ring (bicyclic) bond motifs is 4. The van der Waals surface area contributed by atoms with Crippen molar-refractivity contribution in [3.63, 3.8) is 0 Å². The van der Waals surface area contributed by atoms with Gasteiger partial charge in [-0.2, -0.15) is 21.4 Å². The molecule has 14 nitrogen and oxygen atoms in total. The van der Waals surface area contributed by atoms with Crippen molar-refractivity contribution >= 4 is 65.9 Å². The molecule has 0 bridgehead atoms. The van der Waals surface area contributed by atoms with Crippen molar-refractivity contribution < 1.29 is 54.5 Å². The van der Waals surface area contributed by atoms with E-state index >= 15 is 0 Å². The quantitative estimate of drug-likeness (QED) is 0.0347. The molecule has 0 spiro atoms. The highest BCUT2D eigenvalue weighted by atomic mass is 32.2. The molecule has 3 aliphatic rings. The summed E-state index contributed by atoms with van der Waals surface area (Å²) < 4.78 is 73.0. The summed E-state index contributed by atoms with van der Waals surface area (Å²) in [6, 6.07) is 18.4. The fourth-order valence-corrected chi connectivity index (χ4v) is 9.91. The van der Waals surface area contributed by atoms with Gasteiger partial charge in [0.2, 0.25) is 5.69 Å². The predicted molar refractivity (Wildman–Crippen MR) is 242 cm³/mol. The van der Waals surface area contributed by atoms with Crippen LogP contribution in [-0.4, -0.2) is 90.3 Å². The smallest absolute Gasteiger partial charge is 0.333 e. The van der Waals surface area contributed by atoms with Gasteiger partial charge in [-0.05, 0) is 99.0 Å². The average molecular weight is 905 g/mol. The molecule has 0 aliphatic carbocycles. The zero-order valence-electron chi connectivity index (χ0n) is 36.4. The highest BCUT2D eigenvalue weighted by Gasteiger charge is 2.45. The molecule has 338 valence electrons. The number of unbranched alkanes of at least 4 members (excludes halogenated alkanes) is 4. The molecule has 3 aromatic rings. The van der Waals surface area contributed by atoms with Gasteiger partial charge in [-0.1, -0.05) is 56.3 Å². The zero-order chi connectivity index (χ0) is 45.6. The Labute approximate surface area is 370 Å². The fraction of sp³-hybridized carbons (Fsp3) is 0.447. The molecule has 2 amide bonds. The van der Waals surface area contributed by atoms with Crippen LogP contribution in [0.15, 0.2) is 90.7 Å². The number of hydrogen-bond donors (Lipinski definition) is 2. The Morgan fingerprint density at radius 3 is 2.21 bits per heavy atom. The Kier molecular flexibility index (Phi) is 14.8. The minimum atomic E-state index is -4.09. The first-order chi connectivity index (χ1) is 29.8. The Balaban J connectivity index is 1.16. The first-order valence-electron chi connectivity index (χ1n) is 21.5. The molecule has 0 atom stereocenters. The van der Waals surface area contributed by atoms with Crippen molar-refractivity contribution in [2.75, 3.05) is 36.1 Å². The van der Waals surface area contributed by atoms with E-state index in [1.807, 2.05) is 48.6 Å². The Morgan fingerprint density at radius 1 is 0.794 bits per heavy atom. The number of anilines is 1. The average Bonchev–Trinajstić information content (AvgIpc) is 3.73. The summed E-state index contributed by atoms with van der Waals surface area (Å²) in [5.41, 5.74) is 5.52. The summed E-state index contributed by atoms with van der Waals surface area (Å²) in [5.74, 6) is -1.55. The summed E-state index contributed by atoms with van der Waals surface area (Å²) in [4.78, 5) is 42.7. The van der Waals surface area contributed by atoms with Crippen LogP contribution >= 0.6 is 0 Å². The fourth-order valence-electron chi connectivity index (χ4n) is 8.77. The zero-order valence-corrected chi connectivity index (χ0v) is 38.0. The van der Waals surface area contributed by atoms with Gasteiger partial charge >= 0.3 is 5.97 Å². The van der Waals surface area contributed by atoms with Crippen LogP contribution in [-0.2, 0) is 50.3 Å². The van der Waals surface area contributed by atoms with Crippen LogP contribution in [0.5, 0.6) is 5.75 Å². The van der Waals surface area contributed by atoms with Crippen molar-refractivity contribution in [2.45, 2.75) is 103 Å². The van der Waals surface area contributed by atoms with E-state index < -0.39 is 43.4 Å². The van der Waals surface area contributed by atoms with E-state index in [9.17, 15) is 40.3 Å². The predicted octanol–water partition coefficient (Wildman–Crippen LogP) is 7.89. The summed E-state index contributed by atoms with van der Waals surface area (Å²) in [6.07, 6.45) is 13.9. The molecule has 3 aromatic carbocycles. The third-order valence-electron chi connectivity index (χ3n) is 11.9. The summed E-state index contributed by atoms with van der Waals surface area (Å²) in [6.45, 7) is 10.2. The van der Waals surface area contributed by atoms with Crippen LogP contribution in [0.25, 0.3) is 10.8 Å². The molecule has 0 aromatic heterocycles. The van der Waals surface area contributed by atoms with Crippen LogP contribution in [0, 0.1) is 0 Å². The van der Waals surface area contributed by atoms with E-state index in [1.165, 1.54) is 5.56 Å². The molecule has 0 radical (unpaired) electrons. The number of carbonyl (C=O) groups is 3. The lowest BCUT2D eigenvalue weighted by Crippen LogP contribution is -2.31. The Morgan fingerprint density at radius 2 is 1.49 bits per heavy atom. The first-order valence-corrected chi connectivity index (χ1v) is 24.7. The lowest BCUT2D eigenvalue weighted by Gasteiger charge is -2.27. The molecular formula is C47H58N3O11S2+. The third kappa shape index (κ3) is 11.5. The van der Waals surface area contributed by atoms with Gasteiger partial charge in [-0.3, -0.25) is 18.7 Å². The maximum atomic E-state index is 12.1. The van der Waals surface area contributed by atoms with Crippen molar-refractivity contribution in [3.05, 3.63) is 102 Å². The number of allylic oxidation sites excluding steroid dienone is 6. The van der Waals surface area contributed by atoms with Gasteiger partial charge in [0.25, 0.3) is 32.1 Å². The monoisotopic (exact) mass is 904 g/mol. The molecule has 2 N–H and O–H groups in total. The maximum Gasteiger partial charge on any atom is 0.333 e. The molecule has 16 heteroatoms. The molecule has 1 fully saturated rings. The van der Waals surface area contributed by atoms with E-state index in [0.29, 0.717) is 75.5 Å². The van der Waals surface area contributed by atoms with Gasteiger partial charge in [0, 0.05) is 66.7 Å². The molecule has 0 saturated carbocycles. The van der Waals surface area contributed by atoms with Gasteiger partial charge in [-0.15, -0.1) is 5.06 Å². The number of imide groups is 1. The van der Waals surface area contributed by atoms with Gasteiger partial charge in [0.05, 0.1) is 23.5 Å². The maximum absolute atomic E-state index is 12.1. The van der Waals surface area contributed by atoms with E-state index in [2.05, 4.69) is 73.6 Å². The molecule has 6 rings (SSSR count). The molecular weight excluding hydrogens is 847 g/mol. The van der Waals surface area contributed by atoms with E-state index in [1.54, 1.807) is 0 Å². The summed E-state index contributed by atoms with van der Waals surface area (Å²) in [5, 5.41) is 2.86. The minimum Gasteiger partial charge on any atom is -0.494 e. The van der Waals surface area contributed by atoms with E-state index in [0.717, 1.165) is 39.1 Å². The summed E-state index contributed by atoms with van der Waals surface area (Å²) in [7, 11) is -8.15. The molecule has 63 heavy (non-hydrogen) atoms. The van der Waals surface area contributed by atoms with Crippen molar-refractivity contribution in [2.24, 2.45) is 0 Å². The van der Waals surface area contributed by atoms with Crippen LogP contribution < -0.4 is 9.64 Å². The lowest BCUT2D eigenvalue weighted by molar-refractivity contribution is -0.438. The standard InChI is InChI=1S/C47H57N3O11S2/c1-46(2)37-33-35(60-30-14-6-9-21-44(53)61-50-42(51)26-27-43(50)52)23-25-38(37)48(28-12-15-31-62(54,55)56)40(46)19-7-5-8-20-41-47(3,4)45-36-18-11-10-17-34(36)22-24-39(45)49(41)29-13-16-32-63(57,58)59/h5,7-8,10-11,17-20,22-25,33H,6,9,12-16,21,26-32H2,1-4H3,(H-,54,55,56,57,58,59)/p+1. The highest BCUT2D eigenvalue weighted by molar-refractivity contribution is 7.86. The molecule has 0 unspecified atom stereocenters. The Hall–Kier alpha value is -5.16. The van der Waals surface area contributed by atoms with Crippen LogP contribution in [0.2, 0.25) is 0 Å². The van der Waals surface area contributed by atoms with E-state index in [-0.39, 0.29) is 36.2 Å². The number of amides is 2. The first kappa shape index (κ1) is 47.3. The second-order valence-corrected chi connectivity index (χ2v) is 20.4. The number of nitrogens with zero attached hydrogens (tertiary/aromatic N) is 3. The van der Waals surface area contributed by atoms with Gasteiger partial charge < -0.3 is 14.5 Å². The number of hydrogen-bond acceptors (Lipinski definition) is 10. The van der Waals surface area contributed by atoms with Crippen LogP contribution in [0.1, 0.15) is 103 Å². The molecule has 1 saturated heterocycles. The SMILES string of the molecule is CC1(C)C(/C=C/C=C/C=C2/N(CCCCS(=O)(=O)O)c3ccc(OCCCCCC(=O)ON4C(=O)CCC4=O)cc3C2(C)C)=[N+](CCCCS(=O)(=O)O)c2ccc3ccccc3c21. The summed E-state index contributed by atoms with van der Waals surface area (Å²) >= 11 is 0. The number of benzene rings is 3. The topological polar surface area (TPSA) is 188 Å². The normalized spacial score (nSPS) is 17.8. The number of rotatable bonds is 21. The third-order valence-corrected chi connectivity index (χ3v) is 13.5. The largest absolute Gasteiger partial charge is 0.494 e. The van der Waals surface area contributed by atoms with Gasteiger partial charge in [0.1, 0.15) is 12.3 Å². The van der Waals surface area contributed by atoms with E-state index in [4.69, 9.17) is 9.57 Å². The van der Waals surface area contributed by atoms with Crippen LogP contribution in [0.3, 0.4) is 0 Å². The highest BCUT2D eigenvalue weighted by Crippen LogP contribution is 2.49. The second kappa shape index (κ2) is 19.7. The minimum absolute atomic E-state index is 0.0484. The Bertz CT molecular complexity index is 2580. The van der Waals surface area contributed by atoms with Crippen molar-refractivity contribution in [1.29, 1.82) is 0 Å².